The number of aliphatic imine (C=N–C) groups is 1. The van der Waals surface area contributed by atoms with Crippen LogP contribution in [0.3, 0.4) is 0 Å². The molecule has 142 valence electrons. The predicted octanol–water partition coefficient (Wildman–Crippen LogP) is 0.977. The number of nitrogens with one attached hydrogen (secondary N) is 2. The summed E-state index contributed by atoms with van der Waals surface area (Å²) in [5.74, 6) is 0.796. The van der Waals surface area contributed by atoms with Gasteiger partial charge < -0.3 is 20.4 Å². The van der Waals surface area contributed by atoms with Gasteiger partial charge >= 0.3 is 0 Å². The smallest absolute Gasteiger partial charge is 0.244 e. The molecule has 0 aromatic carbocycles. The number of likely N-dealkylation sites (tertiary alicyclic amines) is 1. The highest BCUT2D eigenvalue weighted by Crippen LogP contribution is 2.20. The molecule has 0 saturated carbocycles. The summed E-state index contributed by atoms with van der Waals surface area (Å²) in [5.41, 5.74) is 0. The van der Waals surface area contributed by atoms with Gasteiger partial charge in [0, 0.05) is 45.0 Å². The van der Waals surface area contributed by atoms with Gasteiger partial charge in [0.2, 0.25) is 5.91 Å². The number of aromatic nitrogens is 1. The van der Waals surface area contributed by atoms with E-state index in [4.69, 9.17) is 0 Å². The van der Waals surface area contributed by atoms with Gasteiger partial charge in [0.25, 0.3) is 0 Å². The summed E-state index contributed by atoms with van der Waals surface area (Å²) >= 11 is 0. The number of carbonyl (C=O) groups is 1. The van der Waals surface area contributed by atoms with Gasteiger partial charge in [0.1, 0.15) is 6.54 Å². The van der Waals surface area contributed by atoms with E-state index in [9.17, 15) is 9.18 Å². The number of rotatable bonds is 5. The van der Waals surface area contributed by atoms with Crippen LogP contribution in [0, 0.1) is 5.82 Å². The van der Waals surface area contributed by atoms with Gasteiger partial charge in [-0.15, -0.1) is 0 Å². The Morgan fingerprint density at radius 2 is 2.19 bits per heavy atom. The summed E-state index contributed by atoms with van der Waals surface area (Å²) in [6.07, 6.45) is 4.63. The van der Waals surface area contributed by atoms with E-state index in [1.165, 1.54) is 6.07 Å². The van der Waals surface area contributed by atoms with Crippen molar-refractivity contribution in [3.8, 4) is 0 Å². The molecule has 8 heteroatoms. The van der Waals surface area contributed by atoms with Gasteiger partial charge in [-0.25, -0.2) is 14.4 Å². The zero-order valence-electron chi connectivity index (χ0n) is 15.2. The quantitative estimate of drug-likeness (QED) is 0.603. The third-order valence-corrected chi connectivity index (χ3v) is 4.74. The SMILES string of the molecule is CCNC(=NCC(=O)N1CCCC1)NC1CCN(c2ncccc2F)C1. The maximum Gasteiger partial charge on any atom is 0.244 e. The molecule has 0 bridgehead atoms. The molecule has 3 heterocycles. The number of guanidine groups is 1. The summed E-state index contributed by atoms with van der Waals surface area (Å²) in [4.78, 5) is 24.5. The van der Waals surface area contributed by atoms with Crippen LogP contribution < -0.4 is 15.5 Å². The predicted molar refractivity (Wildman–Crippen MR) is 99.7 cm³/mol. The molecule has 0 radical (unpaired) electrons. The lowest BCUT2D eigenvalue weighted by atomic mass is 10.3. The number of pyridine rings is 1. The Morgan fingerprint density at radius 3 is 2.92 bits per heavy atom. The zero-order valence-corrected chi connectivity index (χ0v) is 15.2. The van der Waals surface area contributed by atoms with E-state index in [-0.39, 0.29) is 24.3 Å². The summed E-state index contributed by atoms with van der Waals surface area (Å²) in [7, 11) is 0. The lowest BCUT2D eigenvalue weighted by Crippen LogP contribution is -2.45. The molecule has 2 aliphatic rings. The first-order valence-corrected chi connectivity index (χ1v) is 9.35. The van der Waals surface area contributed by atoms with Crippen LogP contribution in [0.2, 0.25) is 0 Å². The van der Waals surface area contributed by atoms with Crippen molar-refractivity contribution in [3.05, 3.63) is 24.1 Å². The van der Waals surface area contributed by atoms with Gasteiger partial charge in [-0.3, -0.25) is 4.79 Å². The third kappa shape index (κ3) is 4.62. The van der Waals surface area contributed by atoms with Crippen LogP contribution in [0.5, 0.6) is 0 Å². The molecule has 1 aromatic rings. The van der Waals surface area contributed by atoms with E-state index in [2.05, 4.69) is 20.6 Å². The van der Waals surface area contributed by atoms with Crippen LogP contribution >= 0.6 is 0 Å². The largest absolute Gasteiger partial charge is 0.357 e. The minimum Gasteiger partial charge on any atom is -0.357 e. The van der Waals surface area contributed by atoms with Crippen LogP contribution in [-0.2, 0) is 4.79 Å². The molecule has 1 atom stereocenters. The lowest BCUT2D eigenvalue weighted by Gasteiger charge is -2.20. The third-order valence-electron chi connectivity index (χ3n) is 4.74. The normalized spacial score (nSPS) is 20.5. The van der Waals surface area contributed by atoms with Crippen LogP contribution in [0.1, 0.15) is 26.2 Å². The van der Waals surface area contributed by atoms with E-state index in [1.807, 2.05) is 16.7 Å². The molecule has 0 spiro atoms. The first kappa shape index (κ1) is 18.4. The summed E-state index contributed by atoms with van der Waals surface area (Å²) < 4.78 is 13.9. The van der Waals surface area contributed by atoms with E-state index in [1.54, 1.807) is 12.3 Å². The van der Waals surface area contributed by atoms with Crippen molar-refractivity contribution < 1.29 is 9.18 Å². The van der Waals surface area contributed by atoms with Crippen molar-refractivity contribution in [3.63, 3.8) is 0 Å². The summed E-state index contributed by atoms with van der Waals surface area (Å²) in [5, 5.41) is 6.54. The maximum absolute atomic E-state index is 13.9. The minimum atomic E-state index is -0.301. The Morgan fingerprint density at radius 1 is 1.38 bits per heavy atom. The second-order valence-electron chi connectivity index (χ2n) is 6.67. The highest BCUT2D eigenvalue weighted by Gasteiger charge is 2.26. The van der Waals surface area contributed by atoms with E-state index < -0.39 is 0 Å². The minimum absolute atomic E-state index is 0.0725. The van der Waals surface area contributed by atoms with Crippen LogP contribution in [0.25, 0.3) is 0 Å². The van der Waals surface area contributed by atoms with E-state index in [0.717, 1.165) is 45.4 Å². The van der Waals surface area contributed by atoms with Crippen LogP contribution in [0.4, 0.5) is 10.2 Å². The lowest BCUT2D eigenvalue weighted by molar-refractivity contribution is -0.128. The Labute approximate surface area is 153 Å². The number of carbonyl (C=O) groups excluding carboxylic acids is 1. The molecule has 0 aliphatic carbocycles. The second kappa shape index (κ2) is 8.82. The molecular formula is C18H27FN6O. The fourth-order valence-corrected chi connectivity index (χ4v) is 3.41. The fraction of sp³-hybridized carbons (Fsp3) is 0.611. The topological polar surface area (TPSA) is 72.9 Å². The Hall–Kier alpha value is -2.38. The number of halogens is 1. The van der Waals surface area contributed by atoms with Crippen molar-refractivity contribution in [1.29, 1.82) is 0 Å². The maximum atomic E-state index is 13.9. The first-order valence-electron chi connectivity index (χ1n) is 9.35. The average molecular weight is 362 g/mol. The van der Waals surface area contributed by atoms with Gasteiger partial charge in [-0.2, -0.15) is 0 Å². The molecule has 2 saturated heterocycles. The standard InChI is InChI=1S/C18H27FN6O/c1-2-20-18(22-12-16(26)24-9-3-4-10-24)23-14-7-11-25(13-14)17-15(19)6-5-8-21-17/h5-6,8,14H,2-4,7,9-13H2,1H3,(H2,20,22,23). The Balaban J connectivity index is 1.55. The van der Waals surface area contributed by atoms with Crippen LogP contribution in [0.15, 0.2) is 23.3 Å². The van der Waals surface area contributed by atoms with Crippen molar-refractivity contribution in [1.82, 2.24) is 20.5 Å². The second-order valence-corrected chi connectivity index (χ2v) is 6.67. The molecule has 1 unspecified atom stereocenters. The van der Waals surface area contributed by atoms with Gasteiger partial charge in [0.05, 0.1) is 0 Å². The molecule has 1 aromatic heterocycles. The number of nitrogens with zero attached hydrogens (tertiary/aromatic N) is 4. The molecule has 7 nitrogen and oxygen atoms in total. The van der Waals surface area contributed by atoms with Gasteiger partial charge in [0.15, 0.2) is 17.6 Å². The highest BCUT2D eigenvalue weighted by atomic mass is 19.1. The van der Waals surface area contributed by atoms with Gasteiger partial charge in [-0.05, 0) is 38.3 Å². The van der Waals surface area contributed by atoms with Crippen molar-refractivity contribution in [2.45, 2.75) is 32.2 Å². The number of amides is 1. The first-order chi connectivity index (χ1) is 12.7. The average Bonchev–Trinajstić information content (AvgIpc) is 3.32. The number of hydrogen-bond donors (Lipinski definition) is 2. The molecule has 2 aliphatic heterocycles. The molecule has 26 heavy (non-hydrogen) atoms. The van der Waals surface area contributed by atoms with Crippen LogP contribution in [-0.4, -0.2) is 67.1 Å². The highest BCUT2D eigenvalue weighted by molar-refractivity contribution is 5.85. The molecular weight excluding hydrogens is 335 g/mol. The van der Waals surface area contributed by atoms with Gasteiger partial charge in [-0.1, -0.05) is 0 Å². The summed E-state index contributed by atoms with van der Waals surface area (Å²) in [6.45, 7) is 5.92. The number of hydrogen-bond acceptors (Lipinski definition) is 4. The Kier molecular flexibility index (Phi) is 6.25. The summed E-state index contributed by atoms with van der Waals surface area (Å²) in [6, 6.07) is 3.16. The zero-order chi connectivity index (χ0) is 18.4. The molecule has 2 fully saturated rings. The molecule has 1 amide bonds. The van der Waals surface area contributed by atoms with Crippen molar-refractivity contribution in [2.24, 2.45) is 4.99 Å². The van der Waals surface area contributed by atoms with E-state index >= 15 is 0 Å². The monoisotopic (exact) mass is 362 g/mol. The number of anilines is 1. The molecule has 2 N–H and O–H groups in total. The van der Waals surface area contributed by atoms with Crippen molar-refractivity contribution in [2.75, 3.05) is 44.2 Å². The fourth-order valence-electron chi connectivity index (χ4n) is 3.41. The Bertz CT molecular complexity index is 646. The van der Waals surface area contributed by atoms with Crippen molar-refractivity contribution >= 4 is 17.7 Å². The van der Waals surface area contributed by atoms with E-state index in [0.29, 0.717) is 18.3 Å². The molecule has 3 rings (SSSR count).